The van der Waals surface area contributed by atoms with E-state index in [0.717, 1.165) is 30.5 Å². The summed E-state index contributed by atoms with van der Waals surface area (Å²) in [4.78, 5) is 17.2. The molecule has 1 aromatic heterocycles. The lowest BCUT2D eigenvalue weighted by Crippen LogP contribution is -2.25. The summed E-state index contributed by atoms with van der Waals surface area (Å²) in [6, 6.07) is 8.06. The number of nitrogens with one attached hydrogen (secondary N) is 1. The van der Waals surface area contributed by atoms with Crippen molar-refractivity contribution in [1.29, 1.82) is 0 Å². The van der Waals surface area contributed by atoms with Crippen LogP contribution in [0.15, 0.2) is 29.1 Å². The van der Waals surface area contributed by atoms with Gasteiger partial charge in [-0.25, -0.2) is 4.79 Å². The van der Waals surface area contributed by atoms with Crippen LogP contribution in [-0.4, -0.2) is 34.6 Å². The molecule has 98 valence electrons. The first-order valence-electron chi connectivity index (χ1n) is 6.51. The van der Waals surface area contributed by atoms with Gasteiger partial charge in [-0.15, -0.1) is 0 Å². The van der Waals surface area contributed by atoms with Gasteiger partial charge in [0.15, 0.2) is 0 Å². The van der Waals surface area contributed by atoms with E-state index in [2.05, 4.69) is 30.8 Å². The minimum absolute atomic E-state index is 0.0112. The highest BCUT2D eigenvalue weighted by Gasteiger charge is 2.12. The number of fused-ring (bicyclic) bond motifs is 1. The van der Waals surface area contributed by atoms with E-state index in [0.29, 0.717) is 0 Å². The number of hydrogen-bond acceptors (Lipinski definition) is 2. The fraction of sp³-hybridized carbons (Fsp3) is 0.500. The second kappa shape index (κ2) is 5.40. The van der Waals surface area contributed by atoms with Crippen LogP contribution in [0.4, 0.5) is 0 Å². The number of imidazole rings is 1. The molecule has 1 aromatic carbocycles. The summed E-state index contributed by atoms with van der Waals surface area (Å²) in [6.45, 7) is 6.28. The number of benzene rings is 1. The van der Waals surface area contributed by atoms with E-state index in [4.69, 9.17) is 0 Å². The van der Waals surface area contributed by atoms with E-state index in [1.54, 1.807) is 0 Å². The third kappa shape index (κ3) is 2.48. The van der Waals surface area contributed by atoms with Crippen LogP contribution in [0.1, 0.15) is 26.3 Å². The number of hydrogen-bond donors (Lipinski definition) is 1. The van der Waals surface area contributed by atoms with Gasteiger partial charge in [0.1, 0.15) is 0 Å². The highest BCUT2D eigenvalue weighted by molar-refractivity contribution is 5.75. The molecule has 18 heavy (non-hydrogen) atoms. The summed E-state index contributed by atoms with van der Waals surface area (Å²) >= 11 is 0. The lowest BCUT2D eigenvalue weighted by Gasteiger charge is -2.18. The topological polar surface area (TPSA) is 41.0 Å². The predicted octanol–water partition coefficient (Wildman–Crippen LogP) is 2.23. The van der Waals surface area contributed by atoms with Crippen molar-refractivity contribution >= 4 is 11.0 Å². The molecular formula is C14H21N3O. The molecule has 1 atom stereocenters. The smallest absolute Gasteiger partial charge is 0.307 e. The summed E-state index contributed by atoms with van der Waals surface area (Å²) in [7, 11) is 2.10. The Balaban J connectivity index is 2.24. The molecule has 4 nitrogen and oxygen atoms in total. The third-order valence-electron chi connectivity index (χ3n) is 3.53. The Morgan fingerprint density at radius 1 is 1.39 bits per heavy atom. The average Bonchev–Trinajstić information content (AvgIpc) is 2.71. The number of H-pyrrole nitrogens is 1. The molecule has 4 heteroatoms. The standard InChI is InChI=1S/C14H21N3O/c1-4-16(3)10-9-11(2)17-13-8-6-5-7-12(13)15-14(17)18/h5-8,11H,4,9-10H2,1-3H3,(H,15,18). The maximum absolute atomic E-state index is 12.0. The Kier molecular flexibility index (Phi) is 3.87. The van der Waals surface area contributed by atoms with Crippen molar-refractivity contribution in [1.82, 2.24) is 14.5 Å². The Labute approximate surface area is 107 Å². The molecule has 0 bridgehead atoms. The fourth-order valence-corrected chi connectivity index (χ4v) is 2.21. The SMILES string of the molecule is CCN(C)CCC(C)n1c(=O)[nH]c2ccccc21. The van der Waals surface area contributed by atoms with Crippen LogP contribution in [0, 0.1) is 0 Å². The minimum Gasteiger partial charge on any atom is -0.307 e. The zero-order chi connectivity index (χ0) is 13.1. The van der Waals surface area contributed by atoms with Gasteiger partial charge < -0.3 is 9.88 Å². The Morgan fingerprint density at radius 2 is 2.11 bits per heavy atom. The second-order valence-corrected chi connectivity index (χ2v) is 4.85. The third-order valence-corrected chi connectivity index (χ3v) is 3.53. The molecule has 0 saturated carbocycles. The molecule has 0 radical (unpaired) electrons. The van der Waals surface area contributed by atoms with E-state index >= 15 is 0 Å². The highest BCUT2D eigenvalue weighted by atomic mass is 16.1. The van der Waals surface area contributed by atoms with Crippen LogP contribution in [-0.2, 0) is 0 Å². The van der Waals surface area contributed by atoms with Crippen molar-refractivity contribution in [2.75, 3.05) is 20.1 Å². The maximum atomic E-state index is 12.0. The molecule has 1 unspecified atom stereocenters. The van der Waals surface area contributed by atoms with Crippen LogP contribution in [0.25, 0.3) is 11.0 Å². The summed E-state index contributed by atoms with van der Waals surface area (Å²) in [6.07, 6.45) is 0.978. The maximum Gasteiger partial charge on any atom is 0.326 e. The zero-order valence-corrected chi connectivity index (χ0v) is 11.3. The van der Waals surface area contributed by atoms with E-state index in [1.807, 2.05) is 28.8 Å². The monoisotopic (exact) mass is 247 g/mol. The molecule has 0 aliphatic heterocycles. The first-order valence-corrected chi connectivity index (χ1v) is 6.51. The van der Waals surface area contributed by atoms with Gasteiger partial charge in [0, 0.05) is 6.04 Å². The van der Waals surface area contributed by atoms with Gasteiger partial charge in [-0.1, -0.05) is 19.1 Å². The van der Waals surface area contributed by atoms with Crippen molar-refractivity contribution in [2.45, 2.75) is 26.3 Å². The van der Waals surface area contributed by atoms with Crippen LogP contribution in [0.3, 0.4) is 0 Å². The van der Waals surface area contributed by atoms with Gasteiger partial charge in [0.2, 0.25) is 0 Å². The second-order valence-electron chi connectivity index (χ2n) is 4.85. The number of rotatable bonds is 5. The minimum atomic E-state index is -0.0112. The van der Waals surface area contributed by atoms with E-state index < -0.39 is 0 Å². The molecule has 0 aliphatic rings. The normalized spacial score (nSPS) is 13.3. The number of para-hydroxylation sites is 2. The molecule has 0 fully saturated rings. The van der Waals surface area contributed by atoms with Gasteiger partial charge in [0.05, 0.1) is 11.0 Å². The van der Waals surface area contributed by atoms with Crippen LogP contribution in [0.2, 0.25) is 0 Å². The summed E-state index contributed by atoms with van der Waals surface area (Å²) in [5.74, 6) is 0. The van der Waals surface area contributed by atoms with E-state index in [-0.39, 0.29) is 11.7 Å². The van der Waals surface area contributed by atoms with E-state index in [9.17, 15) is 4.79 Å². The lowest BCUT2D eigenvalue weighted by atomic mass is 10.2. The molecule has 0 amide bonds. The Morgan fingerprint density at radius 3 is 2.83 bits per heavy atom. The number of nitrogens with zero attached hydrogens (tertiary/aromatic N) is 2. The zero-order valence-electron chi connectivity index (χ0n) is 11.3. The van der Waals surface area contributed by atoms with Crippen molar-refractivity contribution in [3.8, 4) is 0 Å². The van der Waals surface area contributed by atoms with Gasteiger partial charge in [-0.05, 0) is 45.6 Å². The summed E-state index contributed by atoms with van der Waals surface area (Å²) in [5.41, 5.74) is 1.90. The molecule has 1 N–H and O–H groups in total. The largest absolute Gasteiger partial charge is 0.326 e. The van der Waals surface area contributed by atoms with Crippen LogP contribution in [0.5, 0.6) is 0 Å². The lowest BCUT2D eigenvalue weighted by molar-refractivity contribution is 0.319. The van der Waals surface area contributed by atoms with Gasteiger partial charge in [0.25, 0.3) is 0 Å². The van der Waals surface area contributed by atoms with Crippen molar-refractivity contribution < 1.29 is 0 Å². The molecule has 0 aliphatic carbocycles. The van der Waals surface area contributed by atoms with E-state index in [1.165, 1.54) is 0 Å². The summed E-state index contributed by atoms with van der Waals surface area (Å²) in [5, 5.41) is 0. The average molecular weight is 247 g/mol. The molecule has 1 heterocycles. The van der Waals surface area contributed by atoms with Crippen molar-refractivity contribution in [3.63, 3.8) is 0 Å². The van der Waals surface area contributed by atoms with Gasteiger partial charge >= 0.3 is 5.69 Å². The summed E-state index contributed by atoms with van der Waals surface area (Å²) < 4.78 is 1.86. The quantitative estimate of drug-likeness (QED) is 0.880. The Hall–Kier alpha value is -1.55. The van der Waals surface area contributed by atoms with Crippen molar-refractivity contribution in [3.05, 3.63) is 34.7 Å². The molecule has 0 spiro atoms. The van der Waals surface area contributed by atoms with Crippen molar-refractivity contribution in [2.24, 2.45) is 0 Å². The highest BCUT2D eigenvalue weighted by Crippen LogP contribution is 2.16. The van der Waals surface area contributed by atoms with Crippen LogP contribution >= 0.6 is 0 Å². The van der Waals surface area contributed by atoms with Gasteiger partial charge in [-0.2, -0.15) is 0 Å². The molecule has 2 aromatic rings. The molecule has 0 saturated heterocycles. The first-order chi connectivity index (χ1) is 8.63. The first kappa shape index (κ1) is 12.9. The fourth-order valence-electron chi connectivity index (χ4n) is 2.21. The molecule has 2 rings (SSSR count). The van der Waals surface area contributed by atoms with Gasteiger partial charge in [-0.3, -0.25) is 4.57 Å². The molecular weight excluding hydrogens is 226 g/mol. The Bertz CT molecular complexity index is 570. The number of aromatic amines is 1. The van der Waals surface area contributed by atoms with Crippen LogP contribution < -0.4 is 5.69 Å². The predicted molar refractivity (Wildman–Crippen MR) is 75.1 cm³/mol. The number of aromatic nitrogens is 2.